The Morgan fingerprint density at radius 2 is 1.65 bits per heavy atom. The van der Waals surface area contributed by atoms with Crippen LogP contribution in [-0.2, 0) is 9.59 Å². The van der Waals surface area contributed by atoms with E-state index in [1.165, 1.54) is 51.7 Å². The zero-order chi connectivity index (χ0) is 28.7. The number of aliphatic hydroxyl groups excluding tert-OH is 1. The van der Waals surface area contributed by atoms with Crippen LogP contribution in [-0.4, -0.2) is 59.2 Å². The molecule has 0 radical (unpaired) electrons. The lowest BCUT2D eigenvalue weighted by atomic mass is 9.95. The molecular formula is C28H22ClN3O8. The molecule has 1 amide bonds. The number of aliphatic hydroxyl groups is 1. The Balaban J connectivity index is 1.74. The maximum atomic E-state index is 13.5. The van der Waals surface area contributed by atoms with Crippen molar-refractivity contribution < 1.29 is 38.8 Å². The molecular weight excluding hydrogens is 542 g/mol. The average molecular weight is 564 g/mol. The van der Waals surface area contributed by atoms with Gasteiger partial charge in [0, 0.05) is 6.07 Å². The van der Waals surface area contributed by atoms with Crippen LogP contribution < -0.4 is 19.1 Å². The molecule has 5 rings (SSSR count). The van der Waals surface area contributed by atoms with Crippen LogP contribution in [0, 0.1) is 0 Å². The van der Waals surface area contributed by atoms with E-state index in [2.05, 4.69) is 9.97 Å². The second-order valence-electron chi connectivity index (χ2n) is 8.73. The summed E-state index contributed by atoms with van der Waals surface area (Å²) in [5.41, 5.74) is 1.03. The smallest absolute Gasteiger partial charge is 0.335 e. The summed E-state index contributed by atoms with van der Waals surface area (Å²) < 4.78 is 15.9. The molecule has 3 N–H and O–H groups in total. The van der Waals surface area contributed by atoms with Gasteiger partial charge in [-0.1, -0.05) is 23.7 Å². The number of hydrogen-bond acceptors (Lipinski definition) is 8. The Morgan fingerprint density at radius 3 is 2.27 bits per heavy atom. The van der Waals surface area contributed by atoms with Gasteiger partial charge in [-0.3, -0.25) is 14.5 Å². The number of carboxylic acids is 1. The van der Waals surface area contributed by atoms with E-state index >= 15 is 0 Å². The van der Waals surface area contributed by atoms with Crippen LogP contribution in [0.1, 0.15) is 27.5 Å². The van der Waals surface area contributed by atoms with Crippen LogP contribution in [0.3, 0.4) is 0 Å². The number of carboxylic acid groups (broad SMARTS) is 1. The molecule has 1 atom stereocenters. The number of amides is 1. The van der Waals surface area contributed by atoms with Crippen molar-refractivity contribution in [1.29, 1.82) is 0 Å². The highest BCUT2D eigenvalue weighted by atomic mass is 35.5. The van der Waals surface area contributed by atoms with Crippen LogP contribution in [0.2, 0.25) is 5.02 Å². The molecule has 2 heterocycles. The molecule has 4 aromatic rings. The van der Waals surface area contributed by atoms with E-state index in [1.54, 1.807) is 24.3 Å². The molecule has 0 aliphatic carbocycles. The number of methoxy groups -OCH3 is 3. The maximum Gasteiger partial charge on any atom is 0.335 e. The van der Waals surface area contributed by atoms with Crippen LogP contribution >= 0.6 is 11.6 Å². The van der Waals surface area contributed by atoms with Gasteiger partial charge in [0.2, 0.25) is 5.95 Å². The molecule has 1 aliphatic rings. The van der Waals surface area contributed by atoms with E-state index in [0.717, 1.165) is 4.90 Å². The number of hydrogen-bond donors (Lipinski definition) is 3. The molecule has 0 spiro atoms. The van der Waals surface area contributed by atoms with E-state index in [0.29, 0.717) is 22.3 Å². The fourth-order valence-corrected chi connectivity index (χ4v) is 4.83. The summed E-state index contributed by atoms with van der Waals surface area (Å²) in [5, 5.41) is 21.0. The van der Waals surface area contributed by atoms with Crippen LogP contribution in [0.5, 0.6) is 17.2 Å². The number of aromatic nitrogens is 2. The van der Waals surface area contributed by atoms with Gasteiger partial charge in [0.05, 0.1) is 60.1 Å². The topological polar surface area (TPSA) is 151 Å². The fourth-order valence-electron chi connectivity index (χ4n) is 4.59. The second kappa shape index (κ2) is 10.3. The Bertz CT molecular complexity index is 1710. The molecule has 40 heavy (non-hydrogen) atoms. The Hall–Kier alpha value is -5.03. The molecule has 3 aromatic carbocycles. The van der Waals surface area contributed by atoms with Crippen molar-refractivity contribution in [3.8, 4) is 17.2 Å². The molecule has 0 bridgehead atoms. The Labute approximate surface area is 232 Å². The normalized spacial score (nSPS) is 16.4. The number of carbonyl (C=O) groups is 3. The number of Topliss-reactive ketones (excluding diaryl/α,β-unsaturated/α-hetero) is 1. The quantitative estimate of drug-likeness (QED) is 0.167. The molecule has 11 nitrogen and oxygen atoms in total. The molecule has 0 saturated carbocycles. The van der Waals surface area contributed by atoms with Crippen molar-refractivity contribution in [3.63, 3.8) is 0 Å². The number of nitrogens with zero attached hydrogens (tertiary/aromatic N) is 2. The third-order valence-corrected chi connectivity index (χ3v) is 6.84. The first kappa shape index (κ1) is 26.6. The lowest BCUT2D eigenvalue weighted by molar-refractivity contribution is -0.132. The van der Waals surface area contributed by atoms with Gasteiger partial charge in [0.1, 0.15) is 23.0 Å². The number of imidazole rings is 1. The van der Waals surface area contributed by atoms with Crippen molar-refractivity contribution in [2.75, 3.05) is 26.2 Å². The third-order valence-electron chi connectivity index (χ3n) is 6.55. The van der Waals surface area contributed by atoms with Gasteiger partial charge in [-0.2, -0.15) is 0 Å². The van der Waals surface area contributed by atoms with Gasteiger partial charge in [-0.25, -0.2) is 9.78 Å². The summed E-state index contributed by atoms with van der Waals surface area (Å²) in [6.07, 6.45) is 0. The number of anilines is 1. The lowest BCUT2D eigenvalue weighted by Crippen LogP contribution is -2.30. The SMILES string of the molecule is COc1ccc(C2/C(=C(\O)c3cc(Cl)c(OC)cc3OC)C(=O)C(=O)N2c2nc3ccc(C(=O)O)cc3[nH]2)cc1. The average Bonchev–Trinajstić information content (AvgIpc) is 3.49. The van der Waals surface area contributed by atoms with Gasteiger partial charge in [-0.15, -0.1) is 0 Å². The van der Waals surface area contributed by atoms with Gasteiger partial charge < -0.3 is 29.4 Å². The number of benzene rings is 3. The second-order valence-corrected chi connectivity index (χ2v) is 9.13. The predicted molar refractivity (Wildman–Crippen MR) is 145 cm³/mol. The summed E-state index contributed by atoms with van der Waals surface area (Å²) in [7, 11) is 4.29. The van der Waals surface area contributed by atoms with E-state index in [9.17, 15) is 24.6 Å². The van der Waals surface area contributed by atoms with Crippen molar-refractivity contribution in [3.05, 3.63) is 81.9 Å². The monoisotopic (exact) mass is 563 g/mol. The maximum absolute atomic E-state index is 13.5. The number of fused-ring (bicyclic) bond motifs is 1. The number of ether oxygens (including phenoxy) is 3. The summed E-state index contributed by atoms with van der Waals surface area (Å²) in [4.78, 5) is 47.0. The summed E-state index contributed by atoms with van der Waals surface area (Å²) >= 11 is 6.32. The first-order valence-electron chi connectivity index (χ1n) is 11.8. The molecule has 1 saturated heterocycles. The minimum atomic E-state index is -1.14. The Morgan fingerprint density at radius 1 is 0.950 bits per heavy atom. The highest BCUT2D eigenvalue weighted by molar-refractivity contribution is 6.51. The summed E-state index contributed by atoms with van der Waals surface area (Å²) in [6, 6.07) is 12.5. The van der Waals surface area contributed by atoms with Crippen LogP contribution in [0.4, 0.5) is 5.95 Å². The van der Waals surface area contributed by atoms with Crippen LogP contribution in [0.15, 0.2) is 60.2 Å². The van der Waals surface area contributed by atoms with Crippen molar-refractivity contribution >= 4 is 52.0 Å². The van der Waals surface area contributed by atoms with Crippen molar-refractivity contribution in [2.24, 2.45) is 0 Å². The first-order chi connectivity index (χ1) is 19.2. The zero-order valence-electron chi connectivity index (χ0n) is 21.4. The zero-order valence-corrected chi connectivity index (χ0v) is 22.1. The number of aromatic carboxylic acids is 1. The molecule has 204 valence electrons. The van der Waals surface area contributed by atoms with E-state index in [-0.39, 0.29) is 39.2 Å². The minimum absolute atomic E-state index is 0.0138. The molecule has 1 fully saturated rings. The van der Waals surface area contributed by atoms with E-state index < -0.39 is 29.5 Å². The summed E-state index contributed by atoms with van der Waals surface area (Å²) in [5.74, 6) is -2.63. The largest absolute Gasteiger partial charge is 0.507 e. The van der Waals surface area contributed by atoms with Gasteiger partial charge in [0.25, 0.3) is 5.78 Å². The molecule has 1 unspecified atom stereocenters. The lowest BCUT2D eigenvalue weighted by Gasteiger charge is -2.23. The number of aromatic amines is 1. The number of halogens is 1. The highest BCUT2D eigenvalue weighted by Gasteiger charge is 2.48. The third kappa shape index (κ3) is 4.35. The number of ketones is 1. The van der Waals surface area contributed by atoms with Gasteiger partial charge in [-0.05, 0) is 42.0 Å². The van der Waals surface area contributed by atoms with Crippen molar-refractivity contribution in [2.45, 2.75) is 6.04 Å². The molecule has 1 aromatic heterocycles. The minimum Gasteiger partial charge on any atom is -0.507 e. The molecule has 1 aliphatic heterocycles. The highest BCUT2D eigenvalue weighted by Crippen LogP contribution is 2.44. The number of nitrogens with one attached hydrogen (secondary N) is 1. The standard InChI is InChI=1S/C28H22ClN3O8/c1-38-15-7-4-13(5-8-15)23-22(24(33)16-11-17(29)21(40-3)12-20(16)39-2)25(34)26(35)32(23)28-30-18-9-6-14(27(36)37)10-19(18)31-28/h4-12,23,33H,1-3H3,(H,30,31)(H,36,37)/b24-22+. The van der Waals surface area contributed by atoms with Crippen molar-refractivity contribution in [1.82, 2.24) is 9.97 Å². The molecule has 12 heteroatoms. The number of H-pyrrole nitrogens is 1. The number of rotatable bonds is 7. The Kier molecular flexibility index (Phi) is 6.82. The predicted octanol–water partition coefficient (Wildman–Crippen LogP) is 4.57. The van der Waals surface area contributed by atoms with E-state index in [1.807, 2.05) is 0 Å². The number of carbonyl (C=O) groups excluding carboxylic acids is 2. The van der Waals surface area contributed by atoms with Gasteiger partial charge in [0.15, 0.2) is 0 Å². The first-order valence-corrected chi connectivity index (χ1v) is 12.2. The summed E-state index contributed by atoms with van der Waals surface area (Å²) in [6.45, 7) is 0. The van der Waals surface area contributed by atoms with Crippen LogP contribution in [0.25, 0.3) is 16.8 Å². The fraction of sp³-hybridized carbons (Fsp3) is 0.143. The van der Waals surface area contributed by atoms with Gasteiger partial charge >= 0.3 is 11.9 Å². The van der Waals surface area contributed by atoms with E-state index in [4.69, 9.17) is 25.8 Å².